The van der Waals surface area contributed by atoms with Crippen molar-refractivity contribution in [1.29, 1.82) is 0 Å². The van der Waals surface area contributed by atoms with Gasteiger partial charge in [0.05, 0.1) is 24.0 Å². The minimum Gasteiger partial charge on any atom is -0.493 e. The highest BCUT2D eigenvalue weighted by molar-refractivity contribution is 6.39. The molecule has 0 aromatic heterocycles. The van der Waals surface area contributed by atoms with Crippen molar-refractivity contribution in [3.05, 3.63) is 59.2 Å². The number of benzene rings is 2. The van der Waals surface area contributed by atoms with E-state index in [2.05, 4.69) is 5.32 Å². The fourth-order valence-corrected chi connectivity index (χ4v) is 2.82. The summed E-state index contributed by atoms with van der Waals surface area (Å²) in [6.45, 7) is 0.290. The highest BCUT2D eigenvalue weighted by atomic mass is 19.4. The fraction of sp³-hybridized carbons (Fsp3) is 0.263. The van der Waals surface area contributed by atoms with Crippen molar-refractivity contribution in [3.8, 4) is 5.75 Å². The minimum absolute atomic E-state index is 0.271. The van der Waals surface area contributed by atoms with Crippen molar-refractivity contribution in [2.24, 2.45) is 0 Å². The molecule has 6 nitrogen and oxygen atoms in total. The van der Waals surface area contributed by atoms with Crippen LogP contribution in [0.5, 0.6) is 5.75 Å². The molecule has 0 saturated carbocycles. The summed E-state index contributed by atoms with van der Waals surface area (Å²) in [5.41, 5.74) is -0.109. The van der Waals surface area contributed by atoms with Gasteiger partial charge in [-0.15, -0.1) is 0 Å². The van der Waals surface area contributed by atoms with Crippen LogP contribution in [0.3, 0.4) is 0 Å². The Labute approximate surface area is 158 Å². The van der Waals surface area contributed by atoms with Crippen molar-refractivity contribution in [1.82, 2.24) is 5.32 Å². The summed E-state index contributed by atoms with van der Waals surface area (Å²) in [5, 5.41) is 14.3. The number of carbonyl (C=O) groups excluding carboxylic acids is 2. The number of ether oxygens (including phenoxy) is 1. The molecule has 9 heteroatoms. The molecular formula is C19H17F3N2O4. The summed E-state index contributed by atoms with van der Waals surface area (Å²) < 4.78 is 44.2. The highest BCUT2D eigenvalue weighted by Crippen LogP contribution is 2.34. The summed E-state index contributed by atoms with van der Waals surface area (Å²) >= 11 is 0. The molecule has 2 aromatic rings. The molecule has 148 valence electrons. The standard InChI is InChI=1S/C19H17F3N2O4/c20-19(21,22)13-3-1-2-4-14(13)24-18(27)17(26)23-10-15(25)11-5-6-16-12(9-11)7-8-28-16/h1-6,9,15,25H,7-8,10H2,(H,23,26)(H,24,27). The third-order valence-electron chi connectivity index (χ3n) is 4.24. The van der Waals surface area contributed by atoms with E-state index >= 15 is 0 Å². The van der Waals surface area contributed by atoms with E-state index in [0.29, 0.717) is 18.6 Å². The van der Waals surface area contributed by atoms with E-state index in [1.807, 2.05) is 5.32 Å². The van der Waals surface area contributed by atoms with Gasteiger partial charge in [-0.2, -0.15) is 13.2 Å². The van der Waals surface area contributed by atoms with Crippen molar-refractivity contribution in [3.63, 3.8) is 0 Å². The summed E-state index contributed by atoms with van der Waals surface area (Å²) in [4.78, 5) is 23.8. The van der Waals surface area contributed by atoms with Crippen molar-refractivity contribution in [2.45, 2.75) is 18.7 Å². The Morgan fingerprint density at radius 3 is 2.64 bits per heavy atom. The van der Waals surface area contributed by atoms with Crippen LogP contribution in [0.1, 0.15) is 22.8 Å². The van der Waals surface area contributed by atoms with E-state index in [1.54, 1.807) is 18.2 Å². The number of aliphatic hydroxyl groups is 1. The van der Waals surface area contributed by atoms with Crippen LogP contribution in [0, 0.1) is 0 Å². The van der Waals surface area contributed by atoms with Gasteiger partial charge in [0.15, 0.2) is 0 Å². The fourth-order valence-electron chi connectivity index (χ4n) is 2.82. The van der Waals surface area contributed by atoms with Gasteiger partial charge >= 0.3 is 18.0 Å². The molecule has 1 heterocycles. The Kier molecular flexibility index (Phi) is 5.55. The molecule has 1 aliphatic rings. The van der Waals surface area contributed by atoms with Crippen LogP contribution in [0.4, 0.5) is 18.9 Å². The number of anilines is 1. The van der Waals surface area contributed by atoms with Crippen LogP contribution >= 0.6 is 0 Å². The molecule has 1 atom stereocenters. The molecule has 0 bridgehead atoms. The molecular weight excluding hydrogens is 377 g/mol. The molecule has 2 amide bonds. The number of hydrogen-bond donors (Lipinski definition) is 3. The van der Waals surface area contributed by atoms with Crippen molar-refractivity contribution >= 4 is 17.5 Å². The number of carbonyl (C=O) groups is 2. The third-order valence-corrected chi connectivity index (χ3v) is 4.24. The van der Waals surface area contributed by atoms with Crippen molar-refractivity contribution in [2.75, 3.05) is 18.5 Å². The number of aliphatic hydroxyl groups excluding tert-OH is 1. The van der Waals surface area contributed by atoms with Gasteiger partial charge in [-0.3, -0.25) is 9.59 Å². The normalized spacial score (nSPS) is 14.0. The van der Waals surface area contributed by atoms with E-state index in [9.17, 15) is 27.9 Å². The molecule has 3 rings (SSSR count). The number of rotatable bonds is 4. The molecule has 0 radical (unpaired) electrons. The molecule has 1 aliphatic heterocycles. The van der Waals surface area contributed by atoms with Crippen LogP contribution < -0.4 is 15.4 Å². The zero-order valence-electron chi connectivity index (χ0n) is 14.5. The molecule has 0 aliphatic carbocycles. The highest BCUT2D eigenvalue weighted by Gasteiger charge is 2.34. The maximum absolute atomic E-state index is 12.9. The van der Waals surface area contributed by atoms with Gasteiger partial charge < -0.3 is 20.5 Å². The topological polar surface area (TPSA) is 87.7 Å². The molecule has 2 aromatic carbocycles. The summed E-state index contributed by atoms with van der Waals surface area (Å²) in [6, 6.07) is 9.44. The molecule has 1 unspecified atom stereocenters. The van der Waals surface area contributed by atoms with Gasteiger partial charge in [-0.05, 0) is 35.4 Å². The zero-order chi connectivity index (χ0) is 20.3. The third kappa shape index (κ3) is 4.42. The number of halogens is 3. The Bertz CT molecular complexity index is 899. The van der Waals surface area contributed by atoms with Gasteiger partial charge in [-0.1, -0.05) is 18.2 Å². The van der Waals surface area contributed by atoms with Gasteiger partial charge in [0.2, 0.25) is 0 Å². The molecule has 0 saturated heterocycles. The van der Waals surface area contributed by atoms with Crippen molar-refractivity contribution < 1.29 is 32.6 Å². The van der Waals surface area contributed by atoms with E-state index in [1.165, 1.54) is 12.1 Å². The number of nitrogens with one attached hydrogen (secondary N) is 2. The lowest BCUT2D eigenvalue weighted by Crippen LogP contribution is -2.38. The Morgan fingerprint density at radius 1 is 1.14 bits per heavy atom. The second-order valence-electron chi connectivity index (χ2n) is 6.19. The lowest BCUT2D eigenvalue weighted by Gasteiger charge is -2.15. The van der Waals surface area contributed by atoms with Crippen LogP contribution in [-0.4, -0.2) is 30.1 Å². The Hall–Kier alpha value is -3.07. The lowest BCUT2D eigenvalue weighted by molar-refractivity contribution is -0.138. The van der Waals surface area contributed by atoms with Gasteiger partial charge in [0.25, 0.3) is 0 Å². The molecule has 3 N–H and O–H groups in total. The SMILES string of the molecule is O=C(NCC(O)c1ccc2c(c1)CCO2)C(=O)Nc1ccccc1C(F)(F)F. The summed E-state index contributed by atoms with van der Waals surface area (Å²) in [5.74, 6) is -1.67. The molecule has 0 spiro atoms. The average Bonchev–Trinajstić information content (AvgIpc) is 3.13. The zero-order valence-corrected chi connectivity index (χ0v) is 14.5. The first-order valence-corrected chi connectivity index (χ1v) is 8.45. The minimum atomic E-state index is -4.67. The maximum atomic E-state index is 12.9. The summed E-state index contributed by atoms with van der Waals surface area (Å²) in [6.07, 6.45) is -5.04. The number of fused-ring (bicyclic) bond motifs is 1. The number of alkyl halides is 3. The Balaban J connectivity index is 1.59. The smallest absolute Gasteiger partial charge is 0.418 e. The quantitative estimate of drug-likeness (QED) is 0.695. The van der Waals surface area contributed by atoms with E-state index in [-0.39, 0.29) is 6.54 Å². The Morgan fingerprint density at radius 2 is 1.89 bits per heavy atom. The van der Waals surface area contributed by atoms with Crippen LogP contribution in [0.2, 0.25) is 0 Å². The van der Waals surface area contributed by atoms with Crippen LogP contribution in [0.15, 0.2) is 42.5 Å². The first-order valence-electron chi connectivity index (χ1n) is 8.45. The average molecular weight is 394 g/mol. The summed E-state index contributed by atoms with van der Waals surface area (Å²) in [7, 11) is 0. The van der Waals surface area contributed by atoms with Crippen LogP contribution in [0.25, 0.3) is 0 Å². The molecule has 0 fully saturated rings. The maximum Gasteiger partial charge on any atom is 0.418 e. The lowest BCUT2D eigenvalue weighted by atomic mass is 10.0. The van der Waals surface area contributed by atoms with Gasteiger partial charge in [0.1, 0.15) is 5.75 Å². The number of hydrogen-bond acceptors (Lipinski definition) is 4. The predicted octanol–water partition coefficient (Wildman–Crippen LogP) is 2.43. The van der Waals surface area contributed by atoms with Gasteiger partial charge in [0, 0.05) is 13.0 Å². The van der Waals surface area contributed by atoms with Crippen LogP contribution in [-0.2, 0) is 22.2 Å². The number of para-hydroxylation sites is 1. The first kappa shape index (κ1) is 19.7. The largest absolute Gasteiger partial charge is 0.493 e. The van der Waals surface area contributed by atoms with E-state index < -0.39 is 35.3 Å². The monoisotopic (exact) mass is 394 g/mol. The predicted molar refractivity (Wildman–Crippen MR) is 93.7 cm³/mol. The molecule has 28 heavy (non-hydrogen) atoms. The first-order chi connectivity index (χ1) is 13.3. The van der Waals surface area contributed by atoms with Gasteiger partial charge in [-0.25, -0.2) is 0 Å². The second-order valence-corrected chi connectivity index (χ2v) is 6.19. The van der Waals surface area contributed by atoms with E-state index in [4.69, 9.17) is 4.74 Å². The van der Waals surface area contributed by atoms with E-state index in [0.717, 1.165) is 23.4 Å². The number of amides is 2. The second kappa shape index (κ2) is 7.89.